The van der Waals surface area contributed by atoms with Crippen molar-refractivity contribution in [1.82, 2.24) is 4.90 Å². The normalized spacial score (nSPS) is 24.5. The zero-order valence-electron chi connectivity index (χ0n) is 16.0. The van der Waals surface area contributed by atoms with Gasteiger partial charge in [-0.2, -0.15) is 0 Å². The maximum absolute atomic E-state index is 12.7. The first-order valence-corrected chi connectivity index (χ1v) is 13.2. The van der Waals surface area contributed by atoms with E-state index in [1.165, 1.54) is 4.46 Å². The van der Waals surface area contributed by atoms with E-state index in [9.17, 15) is 13.2 Å². The van der Waals surface area contributed by atoms with E-state index in [1.807, 2.05) is 30.0 Å². The summed E-state index contributed by atoms with van der Waals surface area (Å²) in [6.07, 6.45) is 2.80. The van der Waals surface area contributed by atoms with Gasteiger partial charge < -0.3 is 0 Å². The van der Waals surface area contributed by atoms with Crippen molar-refractivity contribution in [3.8, 4) is 0 Å². The third-order valence-electron chi connectivity index (χ3n) is 5.81. The molecule has 1 saturated carbocycles. The summed E-state index contributed by atoms with van der Waals surface area (Å²) in [7, 11) is -3.38. The van der Waals surface area contributed by atoms with Gasteiger partial charge in [0.25, 0.3) is 0 Å². The van der Waals surface area contributed by atoms with E-state index in [-0.39, 0.29) is 17.7 Å². The number of hydrogen-bond donors (Lipinski definition) is 0. The van der Waals surface area contributed by atoms with Crippen LogP contribution < -0.4 is 4.46 Å². The van der Waals surface area contributed by atoms with Crippen LogP contribution in [0.5, 0.6) is 0 Å². The molecule has 28 heavy (non-hydrogen) atoms. The number of benzene rings is 2. The average Bonchev–Trinajstić information content (AvgIpc) is 3.20. The summed E-state index contributed by atoms with van der Waals surface area (Å²) in [4.78, 5) is 15.3. The van der Waals surface area contributed by atoms with Gasteiger partial charge in [-0.1, -0.05) is 0 Å². The Morgan fingerprint density at radius 3 is 2.46 bits per heavy atom. The number of carbonyl (C=O) groups excluding carboxylic acids is 1. The molecule has 0 unspecified atom stereocenters. The van der Waals surface area contributed by atoms with Crippen LogP contribution in [0.2, 0.25) is 4.82 Å². The third kappa shape index (κ3) is 4.05. The van der Waals surface area contributed by atoms with Gasteiger partial charge in [-0.25, -0.2) is 0 Å². The molecule has 1 aliphatic carbocycles. The van der Waals surface area contributed by atoms with Crippen molar-refractivity contribution in [1.29, 1.82) is 0 Å². The summed E-state index contributed by atoms with van der Waals surface area (Å²) in [5, 5.41) is 0. The maximum atomic E-state index is 12.7. The minimum atomic E-state index is -3.38. The Kier molecular flexibility index (Phi) is 5.64. The Morgan fingerprint density at radius 1 is 1.04 bits per heavy atom. The van der Waals surface area contributed by atoms with Crippen molar-refractivity contribution >= 4 is 35.2 Å². The molecule has 2 aromatic carbocycles. The van der Waals surface area contributed by atoms with Gasteiger partial charge in [0, 0.05) is 0 Å². The van der Waals surface area contributed by atoms with Gasteiger partial charge in [0.1, 0.15) is 0 Å². The second-order valence-corrected chi connectivity index (χ2v) is 12.6. The van der Waals surface area contributed by atoms with E-state index in [1.54, 1.807) is 12.1 Å². The minimum absolute atomic E-state index is 0.00389. The number of amides is 1. The molecule has 1 heterocycles. The summed E-state index contributed by atoms with van der Waals surface area (Å²) in [6.45, 7) is 2.24. The number of likely N-dealkylation sites (tertiary alicyclic amines) is 1. The van der Waals surface area contributed by atoms with E-state index in [0.717, 1.165) is 18.4 Å². The monoisotopic (exact) mass is 463 g/mol. The molecule has 1 saturated heterocycles. The number of sulfone groups is 1. The van der Waals surface area contributed by atoms with Crippen LogP contribution in [-0.4, -0.2) is 52.5 Å². The second kappa shape index (κ2) is 8.02. The summed E-state index contributed by atoms with van der Waals surface area (Å²) in [5.74, 6) is 0.517. The molecule has 148 valence electrons. The van der Waals surface area contributed by atoms with E-state index < -0.39 is 9.84 Å². The summed E-state index contributed by atoms with van der Waals surface area (Å²) < 4.78 is 26.8. The Labute approximate surface area is 173 Å². The summed E-state index contributed by atoms with van der Waals surface area (Å²) in [6, 6.07) is 17.7. The molecule has 3 atom stereocenters. The Bertz CT molecular complexity index is 944. The fourth-order valence-electron chi connectivity index (χ4n) is 4.37. The zero-order chi connectivity index (χ0) is 19.7. The number of nitrogens with zero attached hydrogens (tertiary/aromatic N) is 1. The number of rotatable bonds is 6. The third-order valence-corrected chi connectivity index (χ3v) is 10.4. The SMILES string of the molecule is Cc1ccc(S(=O)(=O)CCN2C(=O)C[C@H]3CC[C@H]([Se]c4ccccc4)[C@H]32)cc1. The number of fused-ring (bicyclic) bond motifs is 1. The molecule has 1 amide bonds. The molecular formula is C22H25NO3SSe. The number of aryl methyl sites for hydroxylation is 1. The van der Waals surface area contributed by atoms with Gasteiger partial charge >= 0.3 is 174 Å². The zero-order valence-corrected chi connectivity index (χ0v) is 18.5. The van der Waals surface area contributed by atoms with Crippen LogP contribution in [0.3, 0.4) is 0 Å². The van der Waals surface area contributed by atoms with Crippen LogP contribution >= 0.6 is 0 Å². The Morgan fingerprint density at radius 2 is 1.75 bits per heavy atom. The number of hydrogen-bond acceptors (Lipinski definition) is 3. The molecule has 6 heteroatoms. The molecule has 0 radical (unpaired) electrons. The predicted molar refractivity (Wildman–Crippen MR) is 112 cm³/mol. The van der Waals surface area contributed by atoms with Crippen LogP contribution in [-0.2, 0) is 14.6 Å². The first-order chi connectivity index (χ1) is 13.4. The number of carbonyl (C=O) groups is 1. The molecule has 4 rings (SSSR count). The van der Waals surface area contributed by atoms with Crippen molar-refractivity contribution in [2.45, 2.75) is 41.9 Å². The topological polar surface area (TPSA) is 54.5 Å². The molecule has 0 bridgehead atoms. The Hall–Kier alpha value is -1.62. The van der Waals surface area contributed by atoms with Gasteiger partial charge in [-0.05, 0) is 0 Å². The van der Waals surface area contributed by atoms with Crippen LogP contribution in [0.1, 0.15) is 24.8 Å². The van der Waals surface area contributed by atoms with Crippen molar-refractivity contribution in [3.63, 3.8) is 0 Å². The van der Waals surface area contributed by atoms with Crippen molar-refractivity contribution in [2.75, 3.05) is 12.3 Å². The molecule has 2 aliphatic rings. The molecule has 2 aromatic rings. The van der Waals surface area contributed by atoms with Crippen molar-refractivity contribution in [2.24, 2.45) is 5.92 Å². The van der Waals surface area contributed by atoms with Gasteiger partial charge in [0.15, 0.2) is 0 Å². The fraction of sp³-hybridized carbons (Fsp3) is 0.409. The average molecular weight is 462 g/mol. The van der Waals surface area contributed by atoms with Crippen LogP contribution in [0.25, 0.3) is 0 Å². The molecular weight excluding hydrogens is 437 g/mol. The van der Waals surface area contributed by atoms with E-state index >= 15 is 0 Å². The predicted octanol–water partition coefficient (Wildman–Crippen LogP) is 2.60. The quantitative estimate of drug-likeness (QED) is 0.621. The van der Waals surface area contributed by atoms with E-state index in [2.05, 4.69) is 24.3 Å². The molecule has 2 fully saturated rings. The van der Waals surface area contributed by atoms with Gasteiger partial charge in [0.05, 0.1) is 0 Å². The van der Waals surface area contributed by atoms with Crippen molar-refractivity contribution in [3.05, 3.63) is 60.2 Å². The van der Waals surface area contributed by atoms with Crippen molar-refractivity contribution < 1.29 is 13.2 Å². The second-order valence-electron chi connectivity index (χ2n) is 7.72. The van der Waals surface area contributed by atoms with Crippen LogP contribution in [0.4, 0.5) is 0 Å². The van der Waals surface area contributed by atoms with Crippen LogP contribution in [0, 0.1) is 12.8 Å². The molecule has 1 aliphatic heterocycles. The van der Waals surface area contributed by atoms with Crippen LogP contribution in [0.15, 0.2) is 59.5 Å². The van der Waals surface area contributed by atoms with E-state index in [0.29, 0.717) is 43.6 Å². The molecule has 4 nitrogen and oxygen atoms in total. The first-order valence-electron chi connectivity index (χ1n) is 9.75. The molecule has 0 spiro atoms. The van der Waals surface area contributed by atoms with Gasteiger partial charge in [0.2, 0.25) is 0 Å². The van der Waals surface area contributed by atoms with E-state index in [4.69, 9.17) is 0 Å². The fourth-order valence-corrected chi connectivity index (χ4v) is 8.58. The standard InChI is InChI=1S/C22H25NO3SSe/c1-16-7-10-18(11-8-16)27(25,26)14-13-23-21(24)15-17-9-12-20(22(17)23)28-19-5-3-2-4-6-19/h2-8,10-11,17,20,22H,9,12-15H2,1H3/t17-,20+,22+/m1/s1. The first kappa shape index (κ1) is 19.7. The summed E-state index contributed by atoms with van der Waals surface area (Å²) in [5.41, 5.74) is 1.04. The molecule has 0 aromatic heterocycles. The summed E-state index contributed by atoms with van der Waals surface area (Å²) >= 11 is 0.305. The molecule has 0 N–H and O–H groups in total. The Balaban J connectivity index is 1.47. The van der Waals surface area contributed by atoms with Gasteiger partial charge in [-0.3, -0.25) is 0 Å². The van der Waals surface area contributed by atoms with Gasteiger partial charge in [-0.15, -0.1) is 0 Å².